The van der Waals surface area contributed by atoms with E-state index in [2.05, 4.69) is 31.1 Å². The fourth-order valence-corrected chi connectivity index (χ4v) is 1.95. The van der Waals surface area contributed by atoms with E-state index in [9.17, 15) is 0 Å². The van der Waals surface area contributed by atoms with E-state index in [1.54, 1.807) is 12.4 Å². The molecule has 0 aliphatic rings. The molecule has 0 amide bonds. The van der Waals surface area contributed by atoms with Crippen LogP contribution in [-0.4, -0.2) is 15.1 Å². The smallest absolute Gasteiger partial charge is 0.183 e. The van der Waals surface area contributed by atoms with Crippen LogP contribution in [0.2, 0.25) is 0 Å². The molecule has 3 rings (SSSR count). The van der Waals surface area contributed by atoms with Crippen LogP contribution in [0.3, 0.4) is 0 Å². The van der Waals surface area contributed by atoms with Crippen molar-refractivity contribution in [3.05, 3.63) is 35.1 Å². The number of hydrogen-bond acceptors (Lipinski definition) is 5. The first kappa shape index (κ1) is 10.2. The van der Waals surface area contributed by atoms with Crippen molar-refractivity contribution in [2.45, 2.75) is 0 Å². The summed E-state index contributed by atoms with van der Waals surface area (Å²) in [4.78, 5) is 8.43. The van der Waals surface area contributed by atoms with E-state index >= 15 is 0 Å². The van der Waals surface area contributed by atoms with Crippen molar-refractivity contribution in [3.8, 4) is 11.3 Å². The quantitative estimate of drug-likeness (QED) is 0.745. The molecule has 84 valence electrons. The van der Waals surface area contributed by atoms with Crippen molar-refractivity contribution in [3.63, 3.8) is 0 Å². The zero-order valence-electron chi connectivity index (χ0n) is 8.59. The molecule has 0 bridgehead atoms. The zero-order chi connectivity index (χ0) is 11.8. The number of nitrogens with zero attached hydrogens (tertiary/aromatic N) is 3. The molecule has 0 aliphatic heterocycles. The van der Waals surface area contributed by atoms with Crippen LogP contribution in [0.25, 0.3) is 22.4 Å². The van der Waals surface area contributed by atoms with Gasteiger partial charge in [0, 0.05) is 18.0 Å². The maximum atomic E-state index is 5.61. The molecule has 0 radical (unpaired) electrons. The third-order valence-corrected chi connectivity index (χ3v) is 3.16. The van der Waals surface area contributed by atoms with E-state index in [4.69, 9.17) is 10.3 Å². The third kappa shape index (κ3) is 1.66. The lowest BCUT2D eigenvalue weighted by molar-refractivity contribution is 0.435. The van der Waals surface area contributed by atoms with Gasteiger partial charge in [0.25, 0.3) is 0 Å². The molecule has 3 aromatic rings. The molecule has 2 N–H and O–H groups in total. The molecule has 0 aliphatic carbocycles. The summed E-state index contributed by atoms with van der Waals surface area (Å²) in [5.41, 5.74) is 8.10. The Morgan fingerprint density at radius 2 is 1.88 bits per heavy atom. The molecule has 0 atom stereocenters. The molecule has 0 spiro atoms. The Morgan fingerprint density at radius 1 is 1.12 bits per heavy atom. The van der Waals surface area contributed by atoms with Gasteiger partial charge < -0.3 is 10.3 Å². The molecule has 5 nitrogen and oxygen atoms in total. The van der Waals surface area contributed by atoms with Crippen molar-refractivity contribution in [2.75, 3.05) is 5.73 Å². The van der Waals surface area contributed by atoms with Gasteiger partial charge in [-0.15, -0.1) is 0 Å². The molecule has 0 saturated heterocycles. The molecule has 17 heavy (non-hydrogen) atoms. The Balaban J connectivity index is 2.21. The highest BCUT2D eigenvalue weighted by molar-refractivity contribution is 9.10. The van der Waals surface area contributed by atoms with Crippen LogP contribution in [0, 0.1) is 0 Å². The number of anilines is 1. The minimum atomic E-state index is 0.333. The van der Waals surface area contributed by atoms with Gasteiger partial charge >= 0.3 is 0 Å². The lowest BCUT2D eigenvalue weighted by Gasteiger charge is -1.99. The van der Waals surface area contributed by atoms with Crippen LogP contribution in [-0.2, 0) is 0 Å². The Hall–Kier alpha value is -1.95. The second kappa shape index (κ2) is 3.81. The summed E-state index contributed by atoms with van der Waals surface area (Å²) in [6, 6.07) is 5.65. The first-order valence-electron chi connectivity index (χ1n) is 4.87. The second-order valence-electron chi connectivity index (χ2n) is 3.47. The topological polar surface area (TPSA) is 77.8 Å². The van der Waals surface area contributed by atoms with Gasteiger partial charge in [0.15, 0.2) is 11.6 Å². The average Bonchev–Trinajstić information content (AvgIpc) is 2.70. The first-order chi connectivity index (χ1) is 8.25. The SMILES string of the molecule is Nc1noc(-c2ccc3nccnc3c2)c1Br. The van der Waals surface area contributed by atoms with Crippen molar-refractivity contribution in [1.29, 1.82) is 0 Å². The van der Waals surface area contributed by atoms with Crippen molar-refractivity contribution in [1.82, 2.24) is 15.1 Å². The van der Waals surface area contributed by atoms with Gasteiger partial charge in [-0.2, -0.15) is 0 Å². The highest BCUT2D eigenvalue weighted by Crippen LogP contribution is 2.33. The summed E-state index contributed by atoms with van der Waals surface area (Å²) in [6.07, 6.45) is 3.31. The van der Waals surface area contributed by atoms with Crippen molar-refractivity contribution in [2.24, 2.45) is 0 Å². The van der Waals surface area contributed by atoms with Gasteiger partial charge in [-0.05, 0) is 34.1 Å². The van der Waals surface area contributed by atoms with Crippen LogP contribution in [0.15, 0.2) is 39.6 Å². The van der Waals surface area contributed by atoms with Crippen molar-refractivity contribution < 1.29 is 4.52 Å². The zero-order valence-corrected chi connectivity index (χ0v) is 10.2. The number of hydrogen-bond donors (Lipinski definition) is 1. The van der Waals surface area contributed by atoms with Gasteiger partial charge in [0.1, 0.15) is 4.47 Å². The van der Waals surface area contributed by atoms with E-state index in [0.717, 1.165) is 16.6 Å². The van der Waals surface area contributed by atoms with Gasteiger partial charge in [-0.1, -0.05) is 5.16 Å². The minimum absolute atomic E-state index is 0.333. The number of halogens is 1. The van der Waals surface area contributed by atoms with E-state index in [-0.39, 0.29) is 0 Å². The Labute approximate surface area is 105 Å². The second-order valence-corrected chi connectivity index (χ2v) is 4.26. The van der Waals surface area contributed by atoms with Crippen LogP contribution in [0.5, 0.6) is 0 Å². The normalized spacial score (nSPS) is 10.9. The van der Waals surface area contributed by atoms with E-state index in [1.807, 2.05) is 18.2 Å². The minimum Gasteiger partial charge on any atom is -0.380 e. The molecule has 0 unspecified atom stereocenters. The van der Waals surface area contributed by atoms with Crippen LogP contribution >= 0.6 is 15.9 Å². The Bertz CT molecular complexity index is 695. The largest absolute Gasteiger partial charge is 0.380 e. The summed E-state index contributed by atoms with van der Waals surface area (Å²) in [5.74, 6) is 0.925. The summed E-state index contributed by atoms with van der Waals surface area (Å²) in [6.45, 7) is 0. The standard InChI is InChI=1S/C11H7BrN4O/c12-9-10(17-16-11(9)13)6-1-2-7-8(5-6)15-4-3-14-7/h1-5H,(H2,13,16). The van der Waals surface area contributed by atoms with Gasteiger partial charge in [0.2, 0.25) is 0 Å². The molecular weight excluding hydrogens is 284 g/mol. The van der Waals surface area contributed by atoms with E-state index in [1.165, 1.54) is 0 Å². The van der Waals surface area contributed by atoms with Crippen LogP contribution in [0.1, 0.15) is 0 Å². The van der Waals surface area contributed by atoms with E-state index < -0.39 is 0 Å². The number of benzene rings is 1. The fraction of sp³-hybridized carbons (Fsp3) is 0. The maximum Gasteiger partial charge on any atom is 0.183 e. The van der Waals surface area contributed by atoms with Crippen molar-refractivity contribution >= 4 is 32.8 Å². The molecule has 2 heterocycles. The number of aromatic nitrogens is 3. The molecule has 0 saturated carbocycles. The lowest BCUT2D eigenvalue weighted by Crippen LogP contribution is -1.85. The van der Waals surface area contributed by atoms with Crippen LogP contribution < -0.4 is 5.73 Å². The van der Waals surface area contributed by atoms with Gasteiger partial charge in [-0.3, -0.25) is 9.97 Å². The molecule has 6 heteroatoms. The summed E-state index contributed by atoms with van der Waals surface area (Å²) < 4.78 is 5.81. The van der Waals surface area contributed by atoms with E-state index in [0.29, 0.717) is 16.1 Å². The number of nitrogen functional groups attached to an aromatic ring is 1. The number of rotatable bonds is 1. The summed E-state index contributed by atoms with van der Waals surface area (Å²) in [5, 5.41) is 3.69. The van der Waals surface area contributed by atoms with Gasteiger partial charge in [0.05, 0.1) is 11.0 Å². The molecule has 2 aromatic heterocycles. The molecule has 0 fully saturated rings. The lowest BCUT2D eigenvalue weighted by atomic mass is 10.1. The number of fused-ring (bicyclic) bond motifs is 1. The molecular formula is C11H7BrN4O. The monoisotopic (exact) mass is 290 g/mol. The first-order valence-corrected chi connectivity index (χ1v) is 5.67. The summed E-state index contributed by atoms with van der Waals surface area (Å²) >= 11 is 3.33. The summed E-state index contributed by atoms with van der Waals surface area (Å²) in [7, 11) is 0. The van der Waals surface area contributed by atoms with Gasteiger partial charge in [-0.25, -0.2) is 0 Å². The highest BCUT2D eigenvalue weighted by Gasteiger charge is 2.13. The van der Waals surface area contributed by atoms with Crippen LogP contribution in [0.4, 0.5) is 5.82 Å². The predicted octanol–water partition coefficient (Wildman–Crippen LogP) is 2.63. The Morgan fingerprint density at radius 3 is 2.59 bits per heavy atom. The third-order valence-electron chi connectivity index (χ3n) is 2.39. The predicted molar refractivity (Wildman–Crippen MR) is 67.1 cm³/mol. The maximum absolute atomic E-state index is 5.61. The molecule has 1 aromatic carbocycles. The fourth-order valence-electron chi connectivity index (χ4n) is 1.58. The average molecular weight is 291 g/mol. The number of nitrogens with two attached hydrogens (primary N) is 1. The highest BCUT2D eigenvalue weighted by atomic mass is 79.9. The Kier molecular flexibility index (Phi) is 2.29.